The summed E-state index contributed by atoms with van der Waals surface area (Å²) in [6.07, 6.45) is -1.43. The lowest BCUT2D eigenvalue weighted by Crippen LogP contribution is -2.42. The fraction of sp³-hybridized carbons (Fsp3) is 0.381. The molecule has 4 rings (SSSR count). The zero-order valence-electron chi connectivity index (χ0n) is 15.0. The van der Waals surface area contributed by atoms with Crippen LogP contribution in [0, 0.1) is 0 Å². The second kappa shape index (κ2) is 7.35. The minimum absolute atomic E-state index is 0.0673. The predicted octanol–water partition coefficient (Wildman–Crippen LogP) is 5.11. The maximum absolute atomic E-state index is 13.6. The molecule has 1 unspecified atom stereocenters. The Balaban J connectivity index is 1.65. The van der Waals surface area contributed by atoms with Gasteiger partial charge in [-0.1, -0.05) is 48.9 Å². The van der Waals surface area contributed by atoms with Gasteiger partial charge in [0.1, 0.15) is 0 Å². The van der Waals surface area contributed by atoms with Crippen LogP contribution in [0.1, 0.15) is 30.7 Å². The minimum atomic E-state index is -4.46. The van der Waals surface area contributed by atoms with E-state index in [9.17, 15) is 13.2 Å². The average Bonchev–Trinajstić information content (AvgIpc) is 3.03. The highest BCUT2D eigenvalue weighted by Gasteiger charge is 2.38. The van der Waals surface area contributed by atoms with Gasteiger partial charge in [-0.05, 0) is 37.1 Å². The number of para-hydroxylation sites is 2. The largest absolute Gasteiger partial charge is 0.449 e. The number of nitrogens with zero attached hydrogens (tertiary/aromatic N) is 3. The summed E-state index contributed by atoms with van der Waals surface area (Å²) in [5.41, 5.74) is 2.14. The molecule has 2 aromatic carbocycles. The monoisotopic (exact) mass is 373 g/mol. The third-order valence-corrected chi connectivity index (χ3v) is 5.28. The first-order valence-corrected chi connectivity index (χ1v) is 9.33. The molecule has 1 aliphatic rings. The third kappa shape index (κ3) is 3.86. The van der Waals surface area contributed by atoms with Gasteiger partial charge in [-0.15, -0.1) is 0 Å². The summed E-state index contributed by atoms with van der Waals surface area (Å²) in [5, 5.41) is 0. The van der Waals surface area contributed by atoms with E-state index in [-0.39, 0.29) is 6.04 Å². The maximum Gasteiger partial charge on any atom is 0.449 e. The van der Waals surface area contributed by atoms with Crippen molar-refractivity contribution in [3.8, 4) is 0 Å². The Bertz CT molecular complexity index is 902. The van der Waals surface area contributed by atoms with Gasteiger partial charge in [-0.3, -0.25) is 4.90 Å². The van der Waals surface area contributed by atoms with E-state index in [4.69, 9.17) is 0 Å². The van der Waals surface area contributed by atoms with Gasteiger partial charge in [-0.25, -0.2) is 4.98 Å². The van der Waals surface area contributed by atoms with Crippen molar-refractivity contribution in [3.05, 3.63) is 66.0 Å². The Hall–Kier alpha value is -2.34. The normalized spacial score (nSPS) is 18.9. The molecule has 3 nitrogen and oxygen atoms in total. The number of alkyl halides is 3. The van der Waals surface area contributed by atoms with Crippen molar-refractivity contribution < 1.29 is 13.2 Å². The average molecular weight is 373 g/mol. The van der Waals surface area contributed by atoms with E-state index in [0.717, 1.165) is 32.4 Å². The van der Waals surface area contributed by atoms with Gasteiger partial charge in [-0.2, -0.15) is 13.2 Å². The zero-order chi connectivity index (χ0) is 18.9. The Labute approximate surface area is 156 Å². The highest BCUT2D eigenvalue weighted by atomic mass is 19.4. The number of halogens is 3. The van der Waals surface area contributed by atoms with E-state index in [1.54, 1.807) is 24.3 Å². The van der Waals surface area contributed by atoms with Crippen LogP contribution in [0.4, 0.5) is 13.2 Å². The molecule has 142 valence electrons. The summed E-state index contributed by atoms with van der Waals surface area (Å²) in [7, 11) is 0. The summed E-state index contributed by atoms with van der Waals surface area (Å²) in [6, 6.07) is 17.0. The minimum Gasteiger partial charge on any atom is -0.319 e. The lowest BCUT2D eigenvalue weighted by molar-refractivity contribution is -0.147. The van der Waals surface area contributed by atoms with Crippen molar-refractivity contribution in [2.45, 2.75) is 44.6 Å². The SMILES string of the molecule is FC(F)(F)c1nc2ccccc2n1CC1CCCCN1Cc1ccccc1. The number of rotatable bonds is 4. The number of benzene rings is 2. The Morgan fingerprint density at radius 2 is 1.70 bits per heavy atom. The molecule has 2 heterocycles. The first-order chi connectivity index (χ1) is 13.0. The fourth-order valence-corrected chi connectivity index (χ4v) is 3.98. The number of aromatic nitrogens is 2. The van der Waals surface area contributed by atoms with E-state index in [1.807, 2.05) is 18.2 Å². The molecule has 0 aliphatic carbocycles. The van der Waals surface area contributed by atoms with Crippen molar-refractivity contribution in [2.75, 3.05) is 6.54 Å². The summed E-state index contributed by atoms with van der Waals surface area (Å²) >= 11 is 0. The van der Waals surface area contributed by atoms with Gasteiger partial charge in [0.2, 0.25) is 5.82 Å². The van der Waals surface area contributed by atoms with Crippen LogP contribution in [-0.2, 0) is 19.3 Å². The summed E-state index contributed by atoms with van der Waals surface area (Å²) in [4.78, 5) is 6.19. The highest BCUT2D eigenvalue weighted by Crippen LogP contribution is 2.33. The number of fused-ring (bicyclic) bond motifs is 1. The van der Waals surface area contributed by atoms with Crippen molar-refractivity contribution in [1.82, 2.24) is 14.5 Å². The maximum atomic E-state index is 13.6. The molecule has 1 atom stereocenters. The summed E-state index contributed by atoms with van der Waals surface area (Å²) < 4.78 is 42.1. The van der Waals surface area contributed by atoms with Crippen LogP contribution in [-0.4, -0.2) is 27.0 Å². The Morgan fingerprint density at radius 1 is 0.963 bits per heavy atom. The van der Waals surface area contributed by atoms with Crippen LogP contribution in [0.5, 0.6) is 0 Å². The van der Waals surface area contributed by atoms with Gasteiger partial charge in [0, 0.05) is 19.1 Å². The van der Waals surface area contributed by atoms with E-state index in [0.29, 0.717) is 17.6 Å². The van der Waals surface area contributed by atoms with Gasteiger partial charge < -0.3 is 4.57 Å². The van der Waals surface area contributed by atoms with Gasteiger partial charge >= 0.3 is 6.18 Å². The smallest absolute Gasteiger partial charge is 0.319 e. The first-order valence-electron chi connectivity index (χ1n) is 9.33. The van der Waals surface area contributed by atoms with Crippen molar-refractivity contribution in [2.24, 2.45) is 0 Å². The molecular weight excluding hydrogens is 351 g/mol. The lowest BCUT2D eigenvalue weighted by atomic mass is 10.0. The third-order valence-electron chi connectivity index (χ3n) is 5.28. The first kappa shape index (κ1) is 18.0. The molecule has 1 fully saturated rings. The summed E-state index contributed by atoms with van der Waals surface area (Å²) in [6.45, 7) is 1.98. The molecule has 0 N–H and O–H groups in total. The zero-order valence-corrected chi connectivity index (χ0v) is 15.0. The molecule has 27 heavy (non-hydrogen) atoms. The second-order valence-electron chi connectivity index (χ2n) is 7.14. The molecule has 1 aliphatic heterocycles. The molecule has 0 spiro atoms. The number of hydrogen-bond donors (Lipinski definition) is 0. The summed E-state index contributed by atoms with van der Waals surface area (Å²) in [5.74, 6) is -0.797. The second-order valence-corrected chi connectivity index (χ2v) is 7.14. The molecule has 6 heteroatoms. The van der Waals surface area contributed by atoms with Crippen LogP contribution in [0.2, 0.25) is 0 Å². The van der Waals surface area contributed by atoms with E-state index in [2.05, 4.69) is 22.0 Å². The molecule has 1 aromatic heterocycles. The molecule has 0 bridgehead atoms. The molecular formula is C21H22F3N3. The number of likely N-dealkylation sites (tertiary alicyclic amines) is 1. The molecule has 0 amide bonds. The van der Waals surface area contributed by atoms with Crippen LogP contribution in [0.3, 0.4) is 0 Å². The Morgan fingerprint density at radius 3 is 2.48 bits per heavy atom. The molecule has 3 aromatic rings. The van der Waals surface area contributed by atoms with E-state index in [1.165, 1.54) is 10.1 Å². The van der Waals surface area contributed by atoms with Crippen LogP contribution in [0.25, 0.3) is 11.0 Å². The topological polar surface area (TPSA) is 21.1 Å². The fourth-order valence-electron chi connectivity index (χ4n) is 3.98. The quantitative estimate of drug-likeness (QED) is 0.634. The number of hydrogen-bond acceptors (Lipinski definition) is 2. The van der Waals surface area contributed by atoms with E-state index >= 15 is 0 Å². The van der Waals surface area contributed by atoms with Crippen LogP contribution < -0.4 is 0 Å². The van der Waals surface area contributed by atoms with Crippen molar-refractivity contribution in [3.63, 3.8) is 0 Å². The van der Waals surface area contributed by atoms with E-state index < -0.39 is 12.0 Å². The van der Waals surface area contributed by atoms with Crippen molar-refractivity contribution >= 4 is 11.0 Å². The predicted molar refractivity (Wildman–Crippen MR) is 99.2 cm³/mol. The molecule has 0 saturated carbocycles. The number of imidazole rings is 1. The van der Waals surface area contributed by atoms with Gasteiger partial charge in [0.15, 0.2) is 0 Å². The molecule has 0 radical (unpaired) electrons. The van der Waals surface area contributed by atoms with Gasteiger partial charge in [0.25, 0.3) is 0 Å². The lowest BCUT2D eigenvalue weighted by Gasteiger charge is -2.36. The van der Waals surface area contributed by atoms with Gasteiger partial charge in [0.05, 0.1) is 11.0 Å². The van der Waals surface area contributed by atoms with Crippen LogP contribution >= 0.6 is 0 Å². The highest BCUT2D eigenvalue weighted by molar-refractivity contribution is 5.76. The number of piperidine rings is 1. The Kier molecular flexibility index (Phi) is 4.91. The van der Waals surface area contributed by atoms with Crippen molar-refractivity contribution in [1.29, 1.82) is 0 Å². The standard InChI is InChI=1S/C21H22F3N3/c22-21(23,24)20-25-18-11-4-5-12-19(18)27(20)15-17-10-6-7-13-26(17)14-16-8-2-1-3-9-16/h1-5,8-9,11-12,17H,6-7,10,13-15H2. The van der Waals surface area contributed by atoms with Crippen LogP contribution in [0.15, 0.2) is 54.6 Å². The molecule has 1 saturated heterocycles.